The van der Waals surface area contributed by atoms with Gasteiger partial charge in [0.2, 0.25) is 0 Å². The fraction of sp³-hybridized carbons (Fsp3) is 0.765. The molecule has 3 aliphatic rings. The lowest BCUT2D eigenvalue weighted by Gasteiger charge is -2.37. The SMILES string of the molecule is Cc1nc(C(=O)N2CCCCC2C2OCCO2)c2n1CCCC2. The minimum atomic E-state index is -0.265. The van der Waals surface area contributed by atoms with Crippen molar-refractivity contribution in [2.45, 2.75) is 64.3 Å². The molecule has 0 aliphatic carbocycles. The fourth-order valence-electron chi connectivity index (χ4n) is 4.12. The second-order valence-electron chi connectivity index (χ2n) is 6.73. The predicted molar refractivity (Wildman–Crippen MR) is 84.3 cm³/mol. The number of nitrogens with zero attached hydrogens (tertiary/aromatic N) is 3. The summed E-state index contributed by atoms with van der Waals surface area (Å²) in [4.78, 5) is 19.8. The zero-order valence-corrected chi connectivity index (χ0v) is 13.8. The van der Waals surface area contributed by atoms with E-state index < -0.39 is 0 Å². The number of hydrogen-bond acceptors (Lipinski definition) is 4. The number of aryl methyl sites for hydroxylation is 1. The Balaban J connectivity index is 1.62. The van der Waals surface area contributed by atoms with Crippen LogP contribution >= 0.6 is 0 Å². The molecular formula is C17H25N3O3. The molecular weight excluding hydrogens is 294 g/mol. The quantitative estimate of drug-likeness (QED) is 0.835. The highest BCUT2D eigenvalue weighted by molar-refractivity contribution is 5.94. The molecule has 3 aliphatic heterocycles. The maximum Gasteiger partial charge on any atom is 0.274 e. The summed E-state index contributed by atoms with van der Waals surface area (Å²) in [7, 11) is 0. The highest BCUT2D eigenvalue weighted by Crippen LogP contribution is 2.28. The molecule has 0 N–H and O–H groups in total. The summed E-state index contributed by atoms with van der Waals surface area (Å²) in [5.41, 5.74) is 1.78. The van der Waals surface area contributed by atoms with Crippen molar-refractivity contribution in [2.24, 2.45) is 0 Å². The van der Waals surface area contributed by atoms with Crippen LogP contribution in [0.1, 0.15) is 54.1 Å². The number of likely N-dealkylation sites (tertiary alicyclic amines) is 1. The maximum atomic E-state index is 13.2. The van der Waals surface area contributed by atoms with E-state index in [-0.39, 0.29) is 18.2 Å². The Morgan fingerprint density at radius 2 is 1.91 bits per heavy atom. The number of ether oxygens (including phenoxy) is 2. The van der Waals surface area contributed by atoms with Gasteiger partial charge in [0.05, 0.1) is 24.9 Å². The Bertz CT molecular complexity index is 592. The summed E-state index contributed by atoms with van der Waals surface area (Å²) in [5.74, 6) is 1.03. The highest BCUT2D eigenvalue weighted by atomic mass is 16.7. The smallest absolute Gasteiger partial charge is 0.274 e. The van der Waals surface area contributed by atoms with Crippen LogP contribution in [0.3, 0.4) is 0 Å². The number of piperidine rings is 1. The number of hydrogen-bond donors (Lipinski definition) is 0. The predicted octanol–water partition coefficient (Wildman–Crippen LogP) is 1.90. The first-order chi connectivity index (χ1) is 11.3. The standard InChI is InChI=1S/C17H25N3O3/c1-12-18-15(13-6-2-4-8-19(12)13)16(21)20-9-5-3-7-14(20)17-22-10-11-23-17/h14,17H,2-11H2,1H3. The third-order valence-corrected chi connectivity index (χ3v) is 5.28. The number of aromatic nitrogens is 2. The van der Waals surface area contributed by atoms with Crippen LogP contribution in [-0.4, -0.2) is 52.4 Å². The lowest BCUT2D eigenvalue weighted by Crippen LogP contribution is -2.50. The molecule has 0 aromatic carbocycles. The van der Waals surface area contributed by atoms with Gasteiger partial charge >= 0.3 is 0 Å². The van der Waals surface area contributed by atoms with Crippen molar-refractivity contribution in [1.29, 1.82) is 0 Å². The molecule has 0 saturated carbocycles. The second-order valence-corrected chi connectivity index (χ2v) is 6.73. The highest BCUT2D eigenvalue weighted by Gasteiger charge is 2.38. The molecule has 0 radical (unpaired) electrons. The van der Waals surface area contributed by atoms with Crippen molar-refractivity contribution < 1.29 is 14.3 Å². The van der Waals surface area contributed by atoms with Crippen LogP contribution in [0.2, 0.25) is 0 Å². The normalized spacial score (nSPS) is 25.6. The van der Waals surface area contributed by atoms with Crippen molar-refractivity contribution in [1.82, 2.24) is 14.5 Å². The summed E-state index contributed by atoms with van der Waals surface area (Å²) < 4.78 is 13.6. The molecule has 126 valence electrons. The topological polar surface area (TPSA) is 56.6 Å². The average molecular weight is 319 g/mol. The van der Waals surface area contributed by atoms with E-state index in [0.717, 1.165) is 56.7 Å². The summed E-state index contributed by atoms with van der Waals surface area (Å²) in [6, 6.07) is 0.0278. The van der Waals surface area contributed by atoms with Crippen LogP contribution in [-0.2, 0) is 22.4 Å². The van der Waals surface area contributed by atoms with E-state index in [9.17, 15) is 4.79 Å². The van der Waals surface area contributed by atoms with Crippen LogP contribution in [0.4, 0.5) is 0 Å². The van der Waals surface area contributed by atoms with Gasteiger partial charge in [-0.1, -0.05) is 0 Å². The lowest BCUT2D eigenvalue weighted by atomic mass is 10.00. The van der Waals surface area contributed by atoms with Gasteiger partial charge in [0, 0.05) is 13.1 Å². The first kappa shape index (κ1) is 15.1. The summed E-state index contributed by atoms with van der Waals surface area (Å²) in [6.45, 7) is 5.02. The third kappa shape index (κ3) is 2.68. The molecule has 0 spiro atoms. The van der Waals surface area contributed by atoms with Crippen LogP contribution < -0.4 is 0 Å². The van der Waals surface area contributed by atoms with Gasteiger partial charge in [0.25, 0.3) is 5.91 Å². The van der Waals surface area contributed by atoms with E-state index in [1.54, 1.807) is 0 Å². The van der Waals surface area contributed by atoms with E-state index in [1.807, 2.05) is 11.8 Å². The van der Waals surface area contributed by atoms with Gasteiger partial charge in [0.15, 0.2) is 6.29 Å². The molecule has 4 rings (SSSR count). The van der Waals surface area contributed by atoms with Crippen LogP contribution in [0.25, 0.3) is 0 Å². The molecule has 1 atom stereocenters. The number of carbonyl (C=O) groups is 1. The van der Waals surface area contributed by atoms with Gasteiger partial charge in [-0.2, -0.15) is 0 Å². The monoisotopic (exact) mass is 319 g/mol. The summed E-state index contributed by atoms with van der Waals surface area (Å²) >= 11 is 0. The van der Waals surface area contributed by atoms with Crippen molar-refractivity contribution in [2.75, 3.05) is 19.8 Å². The Hall–Kier alpha value is -1.40. The number of carbonyl (C=O) groups excluding carboxylic acids is 1. The number of imidazole rings is 1. The molecule has 1 aromatic rings. The molecule has 2 saturated heterocycles. The molecule has 0 bridgehead atoms. The molecule has 4 heterocycles. The number of rotatable bonds is 2. The van der Waals surface area contributed by atoms with Gasteiger partial charge in [-0.3, -0.25) is 4.79 Å². The zero-order valence-electron chi connectivity index (χ0n) is 13.8. The van der Waals surface area contributed by atoms with Gasteiger partial charge in [-0.05, 0) is 45.4 Å². The minimum Gasteiger partial charge on any atom is -0.348 e. The largest absolute Gasteiger partial charge is 0.348 e. The molecule has 6 heteroatoms. The van der Waals surface area contributed by atoms with E-state index in [2.05, 4.69) is 9.55 Å². The number of amides is 1. The van der Waals surface area contributed by atoms with Gasteiger partial charge in [-0.15, -0.1) is 0 Å². The third-order valence-electron chi connectivity index (χ3n) is 5.28. The average Bonchev–Trinajstić information content (AvgIpc) is 3.23. The first-order valence-electron chi connectivity index (χ1n) is 8.86. The molecule has 6 nitrogen and oxygen atoms in total. The van der Waals surface area contributed by atoms with Crippen LogP contribution in [0.15, 0.2) is 0 Å². The van der Waals surface area contributed by atoms with Gasteiger partial charge in [-0.25, -0.2) is 4.98 Å². The van der Waals surface area contributed by atoms with E-state index in [1.165, 1.54) is 6.42 Å². The van der Waals surface area contributed by atoms with Gasteiger partial charge < -0.3 is 18.9 Å². The molecule has 1 aromatic heterocycles. The fourth-order valence-corrected chi connectivity index (χ4v) is 4.12. The Morgan fingerprint density at radius 1 is 1.13 bits per heavy atom. The Morgan fingerprint density at radius 3 is 2.74 bits per heavy atom. The summed E-state index contributed by atoms with van der Waals surface area (Å²) in [6.07, 6.45) is 6.13. The Kier molecular flexibility index (Phi) is 4.11. The second kappa shape index (κ2) is 6.24. The molecule has 1 amide bonds. The maximum absolute atomic E-state index is 13.2. The molecule has 23 heavy (non-hydrogen) atoms. The van der Waals surface area contributed by atoms with Crippen LogP contribution in [0.5, 0.6) is 0 Å². The Labute approximate surface area is 136 Å². The van der Waals surface area contributed by atoms with E-state index >= 15 is 0 Å². The zero-order chi connectivity index (χ0) is 15.8. The lowest BCUT2D eigenvalue weighted by molar-refractivity contribution is -0.100. The molecule has 2 fully saturated rings. The molecule has 1 unspecified atom stereocenters. The van der Waals surface area contributed by atoms with Crippen molar-refractivity contribution in [3.05, 3.63) is 17.2 Å². The minimum absolute atomic E-state index is 0.0278. The van der Waals surface area contributed by atoms with Gasteiger partial charge in [0.1, 0.15) is 11.5 Å². The van der Waals surface area contributed by atoms with Crippen LogP contribution in [0, 0.1) is 6.92 Å². The first-order valence-corrected chi connectivity index (χ1v) is 8.86. The van der Waals surface area contributed by atoms with E-state index in [0.29, 0.717) is 18.9 Å². The van der Waals surface area contributed by atoms with E-state index in [4.69, 9.17) is 9.47 Å². The number of fused-ring (bicyclic) bond motifs is 1. The van der Waals surface area contributed by atoms with Crippen molar-refractivity contribution >= 4 is 5.91 Å². The van der Waals surface area contributed by atoms with Crippen molar-refractivity contribution in [3.8, 4) is 0 Å². The van der Waals surface area contributed by atoms with Crippen molar-refractivity contribution in [3.63, 3.8) is 0 Å². The summed E-state index contributed by atoms with van der Waals surface area (Å²) in [5, 5.41) is 0.